The van der Waals surface area contributed by atoms with Gasteiger partial charge < -0.3 is 15.2 Å². The molecule has 0 aliphatic carbocycles. The van der Waals surface area contributed by atoms with Crippen molar-refractivity contribution in [2.75, 3.05) is 32.7 Å². The summed E-state index contributed by atoms with van der Waals surface area (Å²) < 4.78 is 1.90. The van der Waals surface area contributed by atoms with Gasteiger partial charge in [0.2, 0.25) is 0 Å². The van der Waals surface area contributed by atoms with Crippen LogP contribution in [0, 0.1) is 6.92 Å². The van der Waals surface area contributed by atoms with Crippen LogP contribution in [0.4, 0.5) is 0 Å². The van der Waals surface area contributed by atoms with Crippen molar-refractivity contribution in [3.63, 3.8) is 0 Å². The molecular formula is C26H29N5O3. The summed E-state index contributed by atoms with van der Waals surface area (Å²) in [7, 11) is 0. The minimum Gasteiger partial charge on any atom is -0.366 e. The van der Waals surface area contributed by atoms with Crippen molar-refractivity contribution in [2.45, 2.75) is 19.9 Å². The third-order valence-corrected chi connectivity index (χ3v) is 6.30. The third kappa shape index (κ3) is 5.23. The van der Waals surface area contributed by atoms with E-state index in [0.29, 0.717) is 55.4 Å². The average molecular weight is 460 g/mol. The van der Waals surface area contributed by atoms with E-state index >= 15 is 0 Å². The van der Waals surface area contributed by atoms with Crippen molar-refractivity contribution in [3.05, 3.63) is 89.0 Å². The molecule has 3 heterocycles. The molecule has 8 heteroatoms. The molecule has 1 saturated heterocycles. The number of carbonyl (C=O) groups is 3. The van der Waals surface area contributed by atoms with E-state index in [-0.39, 0.29) is 18.2 Å². The number of benzene rings is 1. The lowest BCUT2D eigenvalue weighted by Gasteiger charge is -2.34. The fourth-order valence-electron chi connectivity index (χ4n) is 4.34. The smallest absolute Gasteiger partial charge is 0.272 e. The van der Waals surface area contributed by atoms with Gasteiger partial charge in [-0.05, 0) is 37.1 Å². The largest absolute Gasteiger partial charge is 0.366 e. The second-order valence-electron chi connectivity index (χ2n) is 8.49. The Kier molecular flexibility index (Phi) is 7.18. The van der Waals surface area contributed by atoms with Gasteiger partial charge in [0, 0.05) is 44.6 Å². The maximum Gasteiger partial charge on any atom is 0.272 e. The highest BCUT2D eigenvalue weighted by molar-refractivity contribution is 6.01. The highest BCUT2D eigenvalue weighted by atomic mass is 16.2. The van der Waals surface area contributed by atoms with Crippen molar-refractivity contribution < 1.29 is 14.4 Å². The van der Waals surface area contributed by atoms with Crippen molar-refractivity contribution in [2.24, 2.45) is 5.73 Å². The lowest BCUT2D eigenvalue weighted by atomic mass is 10.1. The molecule has 0 radical (unpaired) electrons. The molecule has 1 aliphatic heterocycles. The molecule has 8 nitrogen and oxygen atoms in total. The van der Waals surface area contributed by atoms with Crippen LogP contribution in [0.3, 0.4) is 0 Å². The molecule has 4 rings (SSSR count). The third-order valence-electron chi connectivity index (χ3n) is 6.30. The normalized spacial score (nSPS) is 14.2. The molecule has 0 saturated carbocycles. The standard InChI is InChI=1S/C26H29N5O3/c1-19-21(25(27)33)17-23(31(19)12-10-20-7-3-2-4-8-20)24(32)18-29-13-15-30(16-14-29)26(34)22-9-5-6-11-28-22/h2-9,11,17H,10,12-16,18H2,1H3,(H2,27,33). The molecule has 176 valence electrons. The van der Waals surface area contributed by atoms with Gasteiger partial charge in [-0.1, -0.05) is 36.4 Å². The van der Waals surface area contributed by atoms with E-state index in [2.05, 4.69) is 4.98 Å². The van der Waals surface area contributed by atoms with E-state index in [1.165, 1.54) is 0 Å². The molecule has 0 bridgehead atoms. The lowest BCUT2D eigenvalue weighted by molar-refractivity contribution is 0.0617. The van der Waals surface area contributed by atoms with Crippen LogP contribution in [0.2, 0.25) is 0 Å². The Morgan fingerprint density at radius 3 is 2.32 bits per heavy atom. The van der Waals surface area contributed by atoms with Gasteiger partial charge in [0.05, 0.1) is 17.8 Å². The predicted octanol–water partition coefficient (Wildman–Crippen LogP) is 2.17. The van der Waals surface area contributed by atoms with Gasteiger partial charge in [-0.25, -0.2) is 0 Å². The Morgan fingerprint density at radius 1 is 0.971 bits per heavy atom. The molecule has 0 unspecified atom stereocenters. The summed E-state index contributed by atoms with van der Waals surface area (Å²) in [4.78, 5) is 45.8. The van der Waals surface area contributed by atoms with Crippen LogP contribution in [0.1, 0.15) is 42.6 Å². The van der Waals surface area contributed by atoms with Gasteiger partial charge in [0.25, 0.3) is 11.8 Å². The number of ketones is 1. The number of aromatic nitrogens is 2. The van der Waals surface area contributed by atoms with Crippen molar-refractivity contribution in [3.8, 4) is 0 Å². The van der Waals surface area contributed by atoms with Crippen LogP contribution in [0.25, 0.3) is 0 Å². The zero-order valence-corrected chi connectivity index (χ0v) is 19.3. The summed E-state index contributed by atoms with van der Waals surface area (Å²) in [5.41, 5.74) is 8.73. The SMILES string of the molecule is Cc1c(C(N)=O)cc(C(=O)CN2CCN(C(=O)c3ccccn3)CC2)n1CCc1ccccc1. The first kappa shape index (κ1) is 23.4. The number of amides is 2. The molecule has 1 aliphatic rings. The molecule has 2 aromatic heterocycles. The quantitative estimate of drug-likeness (QED) is 0.520. The first-order chi connectivity index (χ1) is 16.4. The molecule has 3 aromatic rings. The summed E-state index contributed by atoms with van der Waals surface area (Å²) in [5.74, 6) is -0.692. The molecule has 1 aromatic carbocycles. The topological polar surface area (TPSA) is 102 Å². The summed E-state index contributed by atoms with van der Waals surface area (Å²) in [6.45, 7) is 4.87. The Labute approximate surface area is 199 Å². The van der Waals surface area contributed by atoms with Crippen molar-refractivity contribution in [1.29, 1.82) is 0 Å². The van der Waals surface area contributed by atoms with Crippen molar-refractivity contribution in [1.82, 2.24) is 19.4 Å². The Hall–Kier alpha value is -3.78. The maximum atomic E-state index is 13.3. The van der Waals surface area contributed by atoms with Gasteiger partial charge in [-0.3, -0.25) is 24.3 Å². The maximum absolute atomic E-state index is 13.3. The molecule has 0 atom stereocenters. The van der Waals surface area contributed by atoms with Crippen LogP contribution >= 0.6 is 0 Å². The van der Waals surface area contributed by atoms with E-state index in [9.17, 15) is 14.4 Å². The van der Waals surface area contributed by atoms with Gasteiger partial charge in [-0.2, -0.15) is 0 Å². The zero-order valence-electron chi connectivity index (χ0n) is 19.3. The zero-order chi connectivity index (χ0) is 24.1. The van der Waals surface area contributed by atoms with E-state index in [1.54, 1.807) is 35.4 Å². The molecule has 0 spiro atoms. The second-order valence-corrected chi connectivity index (χ2v) is 8.49. The Balaban J connectivity index is 1.42. The van der Waals surface area contributed by atoms with Crippen LogP contribution in [0.5, 0.6) is 0 Å². The first-order valence-electron chi connectivity index (χ1n) is 11.4. The van der Waals surface area contributed by atoms with Crippen LogP contribution in [0.15, 0.2) is 60.8 Å². The number of rotatable bonds is 8. The number of nitrogens with zero attached hydrogens (tertiary/aromatic N) is 4. The number of carbonyl (C=O) groups excluding carboxylic acids is 3. The monoisotopic (exact) mass is 459 g/mol. The highest BCUT2D eigenvalue weighted by Crippen LogP contribution is 2.18. The summed E-state index contributed by atoms with van der Waals surface area (Å²) in [5, 5.41) is 0. The summed E-state index contributed by atoms with van der Waals surface area (Å²) in [6.07, 6.45) is 2.35. The second kappa shape index (κ2) is 10.4. The number of piperazine rings is 1. The van der Waals surface area contributed by atoms with E-state index in [1.807, 2.05) is 46.7 Å². The van der Waals surface area contributed by atoms with Crippen molar-refractivity contribution >= 4 is 17.6 Å². The fraction of sp³-hybridized carbons (Fsp3) is 0.308. The molecule has 2 N–H and O–H groups in total. The molecule has 34 heavy (non-hydrogen) atoms. The average Bonchev–Trinajstić information content (AvgIpc) is 3.20. The number of pyridine rings is 1. The number of hydrogen-bond donors (Lipinski definition) is 1. The Bertz CT molecular complexity index is 1170. The summed E-state index contributed by atoms with van der Waals surface area (Å²) >= 11 is 0. The number of aryl methyl sites for hydroxylation is 1. The van der Waals surface area contributed by atoms with E-state index < -0.39 is 5.91 Å². The van der Waals surface area contributed by atoms with Crippen LogP contribution in [-0.4, -0.2) is 69.7 Å². The lowest BCUT2D eigenvalue weighted by Crippen LogP contribution is -2.50. The van der Waals surface area contributed by atoms with Gasteiger partial charge in [0.15, 0.2) is 5.78 Å². The predicted molar refractivity (Wildman–Crippen MR) is 129 cm³/mol. The molecular weight excluding hydrogens is 430 g/mol. The van der Waals surface area contributed by atoms with Crippen LogP contribution < -0.4 is 5.73 Å². The van der Waals surface area contributed by atoms with Gasteiger partial charge in [-0.15, -0.1) is 0 Å². The van der Waals surface area contributed by atoms with Crippen LogP contribution in [-0.2, 0) is 13.0 Å². The highest BCUT2D eigenvalue weighted by Gasteiger charge is 2.26. The number of hydrogen-bond acceptors (Lipinski definition) is 5. The summed E-state index contributed by atoms with van der Waals surface area (Å²) in [6, 6.07) is 16.9. The Morgan fingerprint density at radius 2 is 1.68 bits per heavy atom. The molecule has 2 amide bonds. The van der Waals surface area contributed by atoms with Gasteiger partial charge in [0.1, 0.15) is 5.69 Å². The minimum atomic E-state index is -0.536. The number of nitrogens with two attached hydrogens (primary N) is 1. The van der Waals surface area contributed by atoms with Gasteiger partial charge >= 0.3 is 0 Å². The molecule has 1 fully saturated rings. The number of Topliss-reactive ketones (excluding diaryl/α,β-unsaturated/α-hetero) is 1. The number of primary amides is 1. The fourth-order valence-corrected chi connectivity index (χ4v) is 4.34. The van der Waals surface area contributed by atoms with E-state index in [0.717, 1.165) is 12.0 Å². The van der Waals surface area contributed by atoms with E-state index in [4.69, 9.17) is 5.73 Å². The first-order valence-corrected chi connectivity index (χ1v) is 11.4. The minimum absolute atomic E-state index is 0.0619.